The summed E-state index contributed by atoms with van der Waals surface area (Å²) in [7, 11) is 3.24. The molecule has 0 aliphatic carbocycles. The molecule has 0 unspecified atom stereocenters. The van der Waals surface area contributed by atoms with Crippen molar-refractivity contribution in [1.29, 1.82) is 0 Å². The van der Waals surface area contributed by atoms with Crippen molar-refractivity contribution in [2.75, 3.05) is 17.3 Å². The molecule has 3 rings (SSSR count). The molecule has 0 amide bonds. The number of nitrogens with zero attached hydrogens (tertiary/aromatic N) is 2. The zero-order valence-electron chi connectivity index (χ0n) is 13.8. The zero-order valence-corrected chi connectivity index (χ0v) is 15.4. The molecule has 7 heteroatoms. The van der Waals surface area contributed by atoms with Gasteiger partial charge in [-0.3, -0.25) is 14.3 Å². The van der Waals surface area contributed by atoms with Crippen LogP contribution in [-0.4, -0.2) is 16.6 Å². The van der Waals surface area contributed by atoms with Crippen LogP contribution in [0.1, 0.15) is 0 Å². The van der Waals surface area contributed by atoms with Gasteiger partial charge in [0.05, 0.1) is 0 Å². The molecule has 0 radical (unpaired) electrons. The van der Waals surface area contributed by atoms with E-state index in [0.29, 0.717) is 11.5 Å². The molecule has 0 aliphatic heterocycles. The molecular weight excluding hydrogens is 384 g/mol. The Balaban J connectivity index is 2.13. The molecule has 25 heavy (non-hydrogen) atoms. The SMILES string of the molecule is CN(c1ccc(Br)cc1)c1[nH]c(=O)n(C)c(=O)c1Nc1ccccc1. The fourth-order valence-corrected chi connectivity index (χ4v) is 2.70. The molecule has 0 bridgehead atoms. The Labute approximate surface area is 152 Å². The van der Waals surface area contributed by atoms with Crippen LogP contribution >= 0.6 is 15.9 Å². The van der Waals surface area contributed by atoms with Gasteiger partial charge in [0.25, 0.3) is 5.56 Å². The van der Waals surface area contributed by atoms with Gasteiger partial charge in [-0.15, -0.1) is 0 Å². The van der Waals surface area contributed by atoms with Crippen molar-refractivity contribution in [3.63, 3.8) is 0 Å². The molecule has 6 nitrogen and oxygen atoms in total. The molecule has 0 saturated carbocycles. The third-order valence-corrected chi connectivity index (χ3v) is 4.41. The minimum Gasteiger partial charge on any atom is -0.348 e. The second-order valence-electron chi connectivity index (χ2n) is 5.54. The number of hydrogen-bond acceptors (Lipinski definition) is 4. The Morgan fingerprint density at radius 2 is 1.68 bits per heavy atom. The van der Waals surface area contributed by atoms with Crippen LogP contribution in [0.25, 0.3) is 0 Å². The van der Waals surface area contributed by atoms with Crippen molar-refractivity contribution >= 4 is 38.8 Å². The summed E-state index contributed by atoms with van der Waals surface area (Å²) in [5, 5.41) is 3.12. The Kier molecular flexibility index (Phi) is 4.76. The van der Waals surface area contributed by atoms with E-state index >= 15 is 0 Å². The number of aromatic amines is 1. The van der Waals surface area contributed by atoms with Gasteiger partial charge >= 0.3 is 5.69 Å². The lowest BCUT2D eigenvalue weighted by atomic mass is 10.2. The molecule has 0 aliphatic rings. The maximum absolute atomic E-state index is 12.7. The summed E-state index contributed by atoms with van der Waals surface area (Å²) in [4.78, 5) is 29.3. The maximum Gasteiger partial charge on any atom is 0.329 e. The van der Waals surface area contributed by atoms with Crippen molar-refractivity contribution in [3.05, 3.63) is 79.9 Å². The average Bonchev–Trinajstić information content (AvgIpc) is 2.63. The second kappa shape index (κ2) is 6.98. The van der Waals surface area contributed by atoms with E-state index in [1.807, 2.05) is 54.6 Å². The van der Waals surface area contributed by atoms with Crippen molar-refractivity contribution in [2.24, 2.45) is 7.05 Å². The van der Waals surface area contributed by atoms with Gasteiger partial charge in [0.15, 0.2) is 0 Å². The molecule has 1 heterocycles. The van der Waals surface area contributed by atoms with E-state index in [9.17, 15) is 9.59 Å². The van der Waals surface area contributed by atoms with Gasteiger partial charge in [-0.25, -0.2) is 4.79 Å². The summed E-state index contributed by atoms with van der Waals surface area (Å²) >= 11 is 3.40. The summed E-state index contributed by atoms with van der Waals surface area (Å²) in [6.07, 6.45) is 0. The highest BCUT2D eigenvalue weighted by atomic mass is 79.9. The second-order valence-corrected chi connectivity index (χ2v) is 6.46. The lowest BCUT2D eigenvalue weighted by Gasteiger charge is -2.22. The normalized spacial score (nSPS) is 10.5. The van der Waals surface area contributed by atoms with Crippen molar-refractivity contribution in [2.45, 2.75) is 0 Å². The van der Waals surface area contributed by atoms with Crippen LogP contribution in [0.3, 0.4) is 0 Å². The maximum atomic E-state index is 12.7. The summed E-state index contributed by atoms with van der Waals surface area (Å²) in [6.45, 7) is 0. The van der Waals surface area contributed by atoms with Gasteiger partial charge < -0.3 is 10.2 Å². The summed E-state index contributed by atoms with van der Waals surface area (Å²) < 4.78 is 1.99. The predicted octanol–water partition coefficient (Wildman–Crippen LogP) is 3.35. The summed E-state index contributed by atoms with van der Waals surface area (Å²) in [6, 6.07) is 16.9. The molecule has 0 spiro atoms. The minimum atomic E-state index is -0.470. The lowest BCUT2D eigenvalue weighted by molar-refractivity contribution is 0.776. The molecule has 3 aromatic rings. The number of hydrogen-bond donors (Lipinski definition) is 2. The number of para-hydroxylation sites is 1. The first-order valence-electron chi connectivity index (χ1n) is 7.62. The minimum absolute atomic E-state index is 0.304. The highest BCUT2D eigenvalue weighted by Crippen LogP contribution is 2.28. The Bertz CT molecular complexity index is 994. The molecular formula is C18H17BrN4O2. The third-order valence-electron chi connectivity index (χ3n) is 3.88. The highest BCUT2D eigenvalue weighted by molar-refractivity contribution is 9.10. The van der Waals surface area contributed by atoms with Crippen LogP contribution in [0, 0.1) is 0 Å². The lowest BCUT2D eigenvalue weighted by Crippen LogP contribution is -2.36. The van der Waals surface area contributed by atoms with E-state index in [4.69, 9.17) is 0 Å². The van der Waals surface area contributed by atoms with Gasteiger partial charge in [-0.2, -0.15) is 0 Å². The molecule has 128 valence electrons. The standard InChI is InChI=1S/C18H17BrN4O2/c1-22(14-10-8-12(19)9-11-14)16-15(17(24)23(2)18(25)21-16)20-13-6-4-3-5-7-13/h3-11,20H,1-2H3,(H,21,25). The van der Waals surface area contributed by atoms with Crippen LogP contribution in [0.2, 0.25) is 0 Å². The topological polar surface area (TPSA) is 70.1 Å². The van der Waals surface area contributed by atoms with Crippen LogP contribution in [0.15, 0.2) is 68.7 Å². The van der Waals surface area contributed by atoms with Gasteiger partial charge in [0.2, 0.25) is 0 Å². The smallest absolute Gasteiger partial charge is 0.329 e. The van der Waals surface area contributed by atoms with Gasteiger partial charge in [0.1, 0.15) is 11.5 Å². The van der Waals surface area contributed by atoms with Crippen molar-refractivity contribution < 1.29 is 0 Å². The van der Waals surface area contributed by atoms with Crippen molar-refractivity contribution in [3.8, 4) is 0 Å². The molecule has 0 atom stereocenters. The first-order chi connectivity index (χ1) is 12.0. The van der Waals surface area contributed by atoms with E-state index in [2.05, 4.69) is 26.2 Å². The monoisotopic (exact) mass is 400 g/mol. The van der Waals surface area contributed by atoms with Crippen LogP contribution in [-0.2, 0) is 7.05 Å². The number of benzene rings is 2. The number of nitrogens with one attached hydrogen (secondary N) is 2. The number of H-pyrrole nitrogens is 1. The van der Waals surface area contributed by atoms with E-state index in [1.54, 1.807) is 11.9 Å². The number of rotatable bonds is 4. The Hall–Kier alpha value is -2.80. The molecule has 0 saturated heterocycles. The fraction of sp³-hybridized carbons (Fsp3) is 0.111. The average molecular weight is 401 g/mol. The Morgan fingerprint density at radius 1 is 1.04 bits per heavy atom. The van der Waals surface area contributed by atoms with Crippen LogP contribution in [0.4, 0.5) is 22.9 Å². The zero-order chi connectivity index (χ0) is 18.0. The number of aromatic nitrogens is 2. The molecule has 1 aromatic heterocycles. The molecule has 2 N–H and O–H groups in total. The quantitative estimate of drug-likeness (QED) is 0.704. The first-order valence-corrected chi connectivity index (χ1v) is 8.41. The summed E-state index contributed by atoms with van der Waals surface area (Å²) in [5.74, 6) is 0.402. The van der Waals surface area contributed by atoms with E-state index in [1.165, 1.54) is 7.05 Å². The van der Waals surface area contributed by atoms with Crippen molar-refractivity contribution in [1.82, 2.24) is 9.55 Å². The molecule has 2 aromatic carbocycles. The Morgan fingerprint density at radius 3 is 2.32 bits per heavy atom. The summed E-state index contributed by atoms with van der Waals surface area (Å²) in [5.41, 5.74) is 1.04. The van der Waals surface area contributed by atoms with Gasteiger partial charge in [-0.05, 0) is 36.4 Å². The molecule has 0 fully saturated rings. The number of anilines is 4. The number of halogens is 1. The van der Waals surface area contributed by atoms with E-state index in [0.717, 1.165) is 20.4 Å². The first kappa shape index (κ1) is 17.0. The van der Waals surface area contributed by atoms with E-state index in [-0.39, 0.29) is 0 Å². The third kappa shape index (κ3) is 3.51. The van der Waals surface area contributed by atoms with Crippen LogP contribution < -0.4 is 21.5 Å². The van der Waals surface area contributed by atoms with Crippen LogP contribution in [0.5, 0.6) is 0 Å². The largest absolute Gasteiger partial charge is 0.348 e. The highest BCUT2D eigenvalue weighted by Gasteiger charge is 2.17. The predicted molar refractivity (Wildman–Crippen MR) is 104 cm³/mol. The van der Waals surface area contributed by atoms with Gasteiger partial charge in [0, 0.05) is 29.9 Å². The van der Waals surface area contributed by atoms with Gasteiger partial charge in [-0.1, -0.05) is 34.1 Å². The van der Waals surface area contributed by atoms with E-state index < -0.39 is 11.2 Å². The fourth-order valence-electron chi connectivity index (χ4n) is 2.43.